The predicted molar refractivity (Wildman–Crippen MR) is 125 cm³/mol. The number of hydrogen-bond acceptors (Lipinski definition) is 7. The zero-order valence-corrected chi connectivity index (χ0v) is 21.4. The topological polar surface area (TPSA) is 120 Å². The Morgan fingerprint density at radius 1 is 0.970 bits per heavy atom. The smallest absolute Gasteiger partial charge is 0.408 e. The number of rotatable bonds is 12. The average molecular weight is 471 g/mol. The van der Waals surface area contributed by atoms with E-state index in [1.807, 2.05) is 13.8 Å². The fourth-order valence-corrected chi connectivity index (χ4v) is 2.72. The Labute approximate surface area is 198 Å². The standard InChI is InChI=1S/C24H42N2O7/c1-10-15-31-21(29)19(16(3)11-2)26-20(28)17(25-22(30)33-24(7,8)9)13-12-14-18(27)32-23(4,5)6/h10,16-17,19H,1,11-15H2,2-9H3,(H,25,30)(H,26,28)/t16?,17-,19-/m0/s1. The Morgan fingerprint density at radius 3 is 2.03 bits per heavy atom. The van der Waals surface area contributed by atoms with Crippen molar-refractivity contribution in [2.24, 2.45) is 5.92 Å². The van der Waals surface area contributed by atoms with Crippen molar-refractivity contribution in [3.8, 4) is 0 Å². The van der Waals surface area contributed by atoms with Gasteiger partial charge in [0, 0.05) is 6.42 Å². The molecule has 0 bridgehead atoms. The first kappa shape index (κ1) is 30.4. The third-order valence-corrected chi connectivity index (χ3v) is 4.41. The Morgan fingerprint density at radius 2 is 1.55 bits per heavy atom. The molecule has 0 rings (SSSR count). The molecular formula is C24H42N2O7. The van der Waals surface area contributed by atoms with Gasteiger partial charge in [0.1, 0.15) is 29.9 Å². The number of amides is 2. The fraction of sp³-hybridized carbons (Fsp3) is 0.750. The summed E-state index contributed by atoms with van der Waals surface area (Å²) in [5, 5.41) is 5.23. The van der Waals surface area contributed by atoms with Gasteiger partial charge in [-0.25, -0.2) is 9.59 Å². The van der Waals surface area contributed by atoms with Gasteiger partial charge in [-0.05, 0) is 60.3 Å². The minimum atomic E-state index is -1.01. The van der Waals surface area contributed by atoms with Crippen LogP contribution in [0.3, 0.4) is 0 Å². The lowest BCUT2D eigenvalue weighted by Crippen LogP contribution is -2.54. The first-order valence-corrected chi connectivity index (χ1v) is 11.4. The van der Waals surface area contributed by atoms with Gasteiger partial charge in [0.05, 0.1) is 0 Å². The maximum atomic E-state index is 13.0. The van der Waals surface area contributed by atoms with Crippen LogP contribution in [0.2, 0.25) is 0 Å². The number of hydrogen-bond donors (Lipinski definition) is 2. The number of ether oxygens (including phenoxy) is 3. The first-order valence-electron chi connectivity index (χ1n) is 11.4. The minimum absolute atomic E-state index is 0.0249. The van der Waals surface area contributed by atoms with Crippen LogP contribution in [-0.4, -0.2) is 53.8 Å². The van der Waals surface area contributed by atoms with Crippen LogP contribution in [0.1, 0.15) is 81.1 Å². The van der Waals surface area contributed by atoms with E-state index in [0.717, 1.165) is 0 Å². The summed E-state index contributed by atoms with van der Waals surface area (Å²) in [6.07, 6.45) is 1.81. The molecule has 0 aliphatic heterocycles. The van der Waals surface area contributed by atoms with Crippen LogP contribution < -0.4 is 10.6 Å². The van der Waals surface area contributed by atoms with Crippen LogP contribution in [0.15, 0.2) is 12.7 Å². The van der Waals surface area contributed by atoms with Gasteiger partial charge in [-0.2, -0.15) is 0 Å². The summed E-state index contributed by atoms with van der Waals surface area (Å²) >= 11 is 0. The van der Waals surface area contributed by atoms with Crippen LogP contribution >= 0.6 is 0 Å². The van der Waals surface area contributed by atoms with E-state index in [0.29, 0.717) is 6.42 Å². The maximum Gasteiger partial charge on any atom is 0.408 e. The largest absolute Gasteiger partial charge is 0.460 e. The fourth-order valence-electron chi connectivity index (χ4n) is 2.72. The number of carbonyl (C=O) groups is 4. The number of esters is 2. The lowest BCUT2D eigenvalue weighted by molar-refractivity contribution is -0.155. The van der Waals surface area contributed by atoms with Gasteiger partial charge in [0.25, 0.3) is 0 Å². The third kappa shape index (κ3) is 14.2. The first-order chi connectivity index (χ1) is 15.1. The second-order valence-electron chi connectivity index (χ2n) is 9.97. The highest BCUT2D eigenvalue weighted by Gasteiger charge is 2.31. The van der Waals surface area contributed by atoms with E-state index >= 15 is 0 Å². The molecular weight excluding hydrogens is 428 g/mol. The molecule has 0 radical (unpaired) electrons. The van der Waals surface area contributed by atoms with E-state index in [4.69, 9.17) is 14.2 Å². The summed E-state index contributed by atoms with van der Waals surface area (Å²) in [6, 6.07) is -1.91. The van der Waals surface area contributed by atoms with Gasteiger partial charge in [0.2, 0.25) is 5.91 Å². The van der Waals surface area contributed by atoms with E-state index in [9.17, 15) is 19.2 Å². The molecule has 0 heterocycles. The van der Waals surface area contributed by atoms with Gasteiger partial charge in [0.15, 0.2) is 0 Å². The molecule has 3 atom stereocenters. The molecule has 9 nitrogen and oxygen atoms in total. The molecule has 190 valence electrons. The van der Waals surface area contributed by atoms with Crippen LogP contribution in [-0.2, 0) is 28.6 Å². The molecule has 1 unspecified atom stereocenters. The monoisotopic (exact) mass is 470 g/mol. The van der Waals surface area contributed by atoms with Gasteiger partial charge in [-0.1, -0.05) is 32.9 Å². The minimum Gasteiger partial charge on any atom is -0.460 e. The van der Waals surface area contributed by atoms with Gasteiger partial charge in [-0.15, -0.1) is 0 Å². The number of nitrogens with one attached hydrogen (secondary N) is 2. The van der Waals surface area contributed by atoms with E-state index in [1.54, 1.807) is 41.5 Å². The van der Waals surface area contributed by atoms with Crippen LogP contribution in [0, 0.1) is 5.92 Å². The molecule has 0 saturated carbocycles. The highest BCUT2D eigenvalue weighted by Crippen LogP contribution is 2.14. The summed E-state index contributed by atoms with van der Waals surface area (Å²) in [4.78, 5) is 49.8. The number of alkyl carbamates (subject to hydrolysis) is 1. The summed E-state index contributed by atoms with van der Waals surface area (Å²) in [5.74, 6) is -1.74. The molecule has 0 saturated heterocycles. The SMILES string of the molecule is C=CCOC(=O)[C@@H](NC(=O)[C@H](CCCC(=O)OC(C)(C)C)NC(=O)OC(C)(C)C)C(C)CC. The zero-order chi connectivity index (χ0) is 25.8. The van der Waals surface area contributed by atoms with Crippen molar-refractivity contribution >= 4 is 23.9 Å². The highest BCUT2D eigenvalue weighted by atomic mass is 16.6. The summed E-state index contributed by atoms with van der Waals surface area (Å²) in [7, 11) is 0. The van der Waals surface area contributed by atoms with E-state index < -0.39 is 47.2 Å². The molecule has 2 N–H and O–H groups in total. The molecule has 0 aromatic rings. The highest BCUT2D eigenvalue weighted by molar-refractivity contribution is 5.89. The van der Waals surface area contributed by atoms with Gasteiger partial charge in [-0.3, -0.25) is 9.59 Å². The lowest BCUT2D eigenvalue weighted by atomic mass is 9.98. The van der Waals surface area contributed by atoms with Gasteiger partial charge < -0.3 is 24.8 Å². The lowest BCUT2D eigenvalue weighted by Gasteiger charge is -2.27. The van der Waals surface area contributed by atoms with Crippen LogP contribution in [0.25, 0.3) is 0 Å². The Hall–Kier alpha value is -2.58. The Balaban J connectivity index is 5.37. The summed E-state index contributed by atoms with van der Waals surface area (Å²) in [5.41, 5.74) is -1.37. The Kier molecular flexibility index (Phi) is 12.8. The van der Waals surface area contributed by atoms with Crippen molar-refractivity contribution in [3.63, 3.8) is 0 Å². The molecule has 0 aromatic carbocycles. The van der Waals surface area contributed by atoms with Crippen molar-refractivity contribution < 1.29 is 33.4 Å². The number of carbonyl (C=O) groups excluding carboxylic acids is 4. The van der Waals surface area contributed by atoms with Crippen molar-refractivity contribution in [3.05, 3.63) is 12.7 Å². The molecule has 0 aliphatic rings. The average Bonchev–Trinajstić information content (AvgIpc) is 2.65. The van der Waals surface area contributed by atoms with E-state index in [1.165, 1.54) is 6.08 Å². The molecule has 33 heavy (non-hydrogen) atoms. The second-order valence-corrected chi connectivity index (χ2v) is 9.97. The van der Waals surface area contributed by atoms with E-state index in [-0.39, 0.29) is 31.8 Å². The van der Waals surface area contributed by atoms with Crippen molar-refractivity contribution in [1.29, 1.82) is 0 Å². The summed E-state index contributed by atoms with van der Waals surface area (Å²) in [6.45, 7) is 17.7. The van der Waals surface area contributed by atoms with Gasteiger partial charge >= 0.3 is 18.0 Å². The van der Waals surface area contributed by atoms with Crippen molar-refractivity contribution in [1.82, 2.24) is 10.6 Å². The van der Waals surface area contributed by atoms with Crippen molar-refractivity contribution in [2.75, 3.05) is 6.61 Å². The molecule has 9 heteroatoms. The zero-order valence-electron chi connectivity index (χ0n) is 21.4. The third-order valence-electron chi connectivity index (χ3n) is 4.41. The summed E-state index contributed by atoms with van der Waals surface area (Å²) < 4.78 is 15.7. The molecule has 0 fully saturated rings. The van der Waals surface area contributed by atoms with Crippen molar-refractivity contribution in [2.45, 2.75) is 104 Å². The maximum absolute atomic E-state index is 13.0. The quantitative estimate of drug-likeness (QED) is 0.254. The Bertz CT molecular complexity index is 677. The second kappa shape index (κ2) is 13.9. The molecule has 0 aromatic heterocycles. The normalized spacial score (nSPS) is 14.3. The van der Waals surface area contributed by atoms with Crippen LogP contribution in [0.5, 0.6) is 0 Å². The molecule has 2 amide bonds. The van der Waals surface area contributed by atoms with Crippen LogP contribution in [0.4, 0.5) is 4.79 Å². The van der Waals surface area contributed by atoms with E-state index in [2.05, 4.69) is 17.2 Å². The molecule has 0 aliphatic carbocycles. The molecule has 0 spiro atoms. The predicted octanol–water partition coefficient (Wildman–Crippen LogP) is 3.65.